The number of rotatable bonds is 9. The Morgan fingerprint density at radius 1 is 1.05 bits per heavy atom. The Morgan fingerprint density at radius 3 is 2.51 bits per heavy atom. The number of carbonyl (C=O) groups is 3. The molecule has 0 spiro atoms. The molecule has 0 saturated carbocycles. The second kappa shape index (κ2) is 12.3. The van der Waals surface area contributed by atoms with Crippen LogP contribution < -0.4 is 20.1 Å². The monoisotopic (exact) mass is 546 g/mol. The van der Waals surface area contributed by atoms with Crippen LogP contribution in [0.3, 0.4) is 0 Å². The lowest BCUT2D eigenvalue weighted by Gasteiger charge is -2.35. The Morgan fingerprint density at radius 2 is 1.79 bits per heavy atom. The molecule has 0 aliphatic carbocycles. The van der Waals surface area contributed by atoms with E-state index in [4.69, 9.17) is 9.47 Å². The number of nitrogens with one attached hydrogen (secondary N) is 2. The highest BCUT2D eigenvalue weighted by Crippen LogP contribution is 2.42. The Kier molecular flexibility index (Phi) is 8.43. The van der Waals surface area contributed by atoms with E-state index in [1.54, 1.807) is 18.3 Å². The van der Waals surface area contributed by atoms with Gasteiger partial charge in [-0.05, 0) is 53.8 Å². The topological polar surface area (TPSA) is 110 Å². The summed E-state index contributed by atoms with van der Waals surface area (Å²) in [5.74, 6) is -0.393. The van der Waals surface area contributed by atoms with E-state index < -0.39 is 23.8 Å². The van der Waals surface area contributed by atoms with Gasteiger partial charge in [-0.3, -0.25) is 19.4 Å². The highest BCUT2D eigenvalue weighted by atomic mass is 32.2. The normalized spacial score (nSPS) is 17.0. The third-order valence-electron chi connectivity index (χ3n) is 6.61. The van der Waals surface area contributed by atoms with Gasteiger partial charge in [0, 0.05) is 24.1 Å². The van der Waals surface area contributed by atoms with E-state index in [9.17, 15) is 14.4 Å². The van der Waals surface area contributed by atoms with Crippen molar-refractivity contribution in [3.63, 3.8) is 0 Å². The van der Waals surface area contributed by atoms with Crippen molar-refractivity contribution in [1.29, 1.82) is 0 Å². The number of Topliss-reactive ketones (excluding diaryl/α,β-unsaturated/α-hetero) is 1. The van der Waals surface area contributed by atoms with Gasteiger partial charge in [0.1, 0.15) is 25.3 Å². The molecule has 0 fully saturated rings. The van der Waals surface area contributed by atoms with Crippen molar-refractivity contribution >= 4 is 29.5 Å². The molecular weight excluding hydrogens is 516 g/mol. The predicted molar refractivity (Wildman–Crippen MR) is 146 cm³/mol. The number of amides is 2. The van der Waals surface area contributed by atoms with E-state index in [2.05, 4.69) is 15.6 Å². The second-order valence-electron chi connectivity index (χ2n) is 9.27. The van der Waals surface area contributed by atoms with Crippen LogP contribution in [0.1, 0.15) is 23.7 Å². The predicted octanol–water partition coefficient (Wildman–Crippen LogP) is 2.72. The number of hydrogen-bond acceptors (Lipinski definition) is 8. The Hall–Kier alpha value is -3.89. The minimum atomic E-state index is -1.02. The summed E-state index contributed by atoms with van der Waals surface area (Å²) >= 11 is 1.48. The molecule has 3 aromatic rings. The molecule has 3 heterocycles. The molecule has 39 heavy (non-hydrogen) atoms. The summed E-state index contributed by atoms with van der Waals surface area (Å²) in [5, 5.41) is 5.53. The third-order valence-corrected chi connectivity index (χ3v) is 7.94. The van der Waals surface area contributed by atoms with Crippen LogP contribution in [0, 0.1) is 0 Å². The molecule has 2 unspecified atom stereocenters. The van der Waals surface area contributed by atoms with Crippen LogP contribution in [0.5, 0.6) is 11.5 Å². The minimum absolute atomic E-state index is 0.118. The summed E-state index contributed by atoms with van der Waals surface area (Å²) in [6, 6.07) is 17.0. The number of aromatic nitrogens is 1. The number of pyridine rings is 1. The van der Waals surface area contributed by atoms with Gasteiger partial charge in [0.2, 0.25) is 11.7 Å². The van der Waals surface area contributed by atoms with Crippen LogP contribution in [0.15, 0.2) is 71.8 Å². The zero-order chi connectivity index (χ0) is 27.2. The van der Waals surface area contributed by atoms with Crippen molar-refractivity contribution in [1.82, 2.24) is 19.9 Å². The fraction of sp³-hybridized carbons (Fsp3) is 0.310. The number of fused-ring (bicyclic) bond motifs is 2. The van der Waals surface area contributed by atoms with Crippen molar-refractivity contribution in [3.8, 4) is 11.5 Å². The average Bonchev–Trinajstić information content (AvgIpc) is 2.98. The first-order valence-corrected chi connectivity index (χ1v) is 13.7. The maximum Gasteiger partial charge on any atom is 0.289 e. The lowest BCUT2D eigenvalue weighted by molar-refractivity contribution is -0.140. The van der Waals surface area contributed by atoms with Gasteiger partial charge in [0.25, 0.3) is 5.91 Å². The molecule has 10 heteroatoms. The fourth-order valence-electron chi connectivity index (χ4n) is 4.61. The lowest BCUT2D eigenvalue weighted by atomic mass is 9.99. The molecule has 0 bridgehead atoms. The molecule has 5 rings (SSSR count). The van der Waals surface area contributed by atoms with Crippen LogP contribution in [0.25, 0.3) is 0 Å². The summed E-state index contributed by atoms with van der Waals surface area (Å²) < 4.78 is 13.4. The molecule has 0 saturated heterocycles. The Balaban J connectivity index is 1.32. The maximum atomic E-state index is 13.7. The summed E-state index contributed by atoms with van der Waals surface area (Å²) in [6.45, 7) is 3.69. The average molecular weight is 547 g/mol. The molecule has 2 aliphatic heterocycles. The molecule has 2 amide bonds. The van der Waals surface area contributed by atoms with Gasteiger partial charge in [0.15, 0.2) is 11.5 Å². The number of carbonyl (C=O) groups excluding carboxylic acids is 3. The van der Waals surface area contributed by atoms with Crippen LogP contribution in [-0.4, -0.2) is 58.7 Å². The van der Waals surface area contributed by atoms with Gasteiger partial charge in [-0.25, -0.2) is 4.31 Å². The number of hydrogen-bond donors (Lipinski definition) is 2. The van der Waals surface area contributed by atoms with Gasteiger partial charge >= 0.3 is 0 Å². The largest absolute Gasteiger partial charge is 0.486 e. The Bertz CT molecular complexity index is 1340. The van der Waals surface area contributed by atoms with Gasteiger partial charge < -0.3 is 20.1 Å². The van der Waals surface area contributed by atoms with Gasteiger partial charge in [0.05, 0.1) is 12.2 Å². The molecule has 202 valence electrons. The van der Waals surface area contributed by atoms with Crippen LogP contribution >= 0.6 is 11.9 Å². The first kappa shape index (κ1) is 26.7. The number of benzene rings is 2. The highest BCUT2D eigenvalue weighted by molar-refractivity contribution is 7.97. The number of ketones is 1. The van der Waals surface area contributed by atoms with E-state index in [1.165, 1.54) is 11.9 Å². The summed E-state index contributed by atoms with van der Waals surface area (Å²) in [4.78, 5) is 45.0. The van der Waals surface area contributed by atoms with E-state index in [1.807, 2.05) is 59.8 Å². The first-order chi connectivity index (χ1) is 19.0. The van der Waals surface area contributed by atoms with E-state index in [-0.39, 0.29) is 18.9 Å². The molecule has 9 nitrogen and oxygen atoms in total. The van der Waals surface area contributed by atoms with E-state index >= 15 is 0 Å². The molecular formula is C29H30N4O5S. The van der Waals surface area contributed by atoms with Gasteiger partial charge in [-0.2, -0.15) is 0 Å². The molecule has 2 aliphatic rings. The van der Waals surface area contributed by atoms with Gasteiger partial charge in [-0.1, -0.05) is 43.3 Å². The second-order valence-corrected chi connectivity index (χ2v) is 10.4. The molecule has 1 aromatic heterocycles. The van der Waals surface area contributed by atoms with Crippen molar-refractivity contribution in [2.24, 2.45) is 0 Å². The molecule has 2 aromatic carbocycles. The van der Waals surface area contributed by atoms with Crippen molar-refractivity contribution in [3.05, 3.63) is 83.7 Å². The fourth-order valence-corrected chi connectivity index (χ4v) is 5.71. The molecule has 0 radical (unpaired) electrons. The van der Waals surface area contributed by atoms with E-state index in [0.717, 1.165) is 16.0 Å². The highest BCUT2D eigenvalue weighted by Gasteiger charge is 2.36. The Labute approximate surface area is 231 Å². The number of ether oxygens (including phenoxy) is 2. The number of nitrogens with zero attached hydrogens (tertiary/aromatic N) is 2. The number of likely N-dealkylation sites (N-methyl/N-ethyl adjacent to an activating group) is 1. The van der Waals surface area contributed by atoms with E-state index in [0.29, 0.717) is 43.4 Å². The van der Waals surface area contributed by atoms with Crippen molar-refractivity contribution < 1.29 is 23.9 Å². The van der Waals surface area contributed by atoms with Gasteiger partial charge in [-0.15, -0.1) is 0 Å². The van der Waals surface area contributed by atoms with Crippen LogP contribution in [0.4, 0.5) is 0 Å². The minimum Gasteiger partial charge on any atom is -0.486 e. The maximum absolute atomic E-state index is 13.7. The standard InChI is InChI=1S/C29H30N4O5S/c1-2-33-23(15-20-16-24-25(17-26(20)39-33)38-13-12-37-24)28(35)32-22(14-19-8-4-3-5-9-19)27(34)29(36)31-18-21-10-6-7-11-30-21/h3-11,16-17,22-23H,2,12-15,18H2,1H3,(H,31,36)(H,32,35). The lowest BCUT2D eigenvalue weighted by Crippen LogP contribution is -2.54. The molecule has 2 atom stereocenters. The summed E-state index contributed by atoms with van der Waals surface area (Å²) in [7, 11) is 0. The third kappa shape index (κ3) is 6.40. The smallest absolute Gasteiger partial charge is 0.289 e. The zero-order valence-corrected chi connectivity index (χ0v) is 22.4. The van der Waals surface area contributed by atoms with Crippen molar-refractivity contribution in [2.45, 2.75) is 43.3 Å². The van der Waals surface area contributed by atoms with Crippen LogP contribution in [-0.2, 0) is 33.8 Å². The first-order valence-electron chi connectivity index (χ1n) is 12.9. The quantitative estimate of drug-likeness (QED) is 0.312. The SMILES string of the molecule is CCN1Sc2cc3c(cc2CC1C(=O)NC(Cc1ccccc1)C(=O)C(=O)NCc1ccccn1)OCCO3. The van der Waals surface area contributed by atoms with Crippen LogP contribution in [0.2, 0.25) is 0 Å². The molecule has 2 N–H and O–H groups in total. The summed E-state index contributed by atoms with van der Waals surface area (Å²) in [6.07, 6.45) is 2.26. The zero-order valence-electron chi connectivity index (χ0n) is 21.6. The summed E-state index contributed by atoms with van der Waals surface area (Å²) in [5.41, 5.74) is 2.46. The van der Waals surface area contributed by atoms with Crippen molar-refractivity contribution in [2.75, 3.05) is 19.8 Å².